The molecule has 0 atom stereocenters. The largest absolute Gasteiger partial charge is 0.355 e. The molecule has 0 saturated heterocycles. The molecule has 0 amide bonds. The number of anilines is 2. The Morgan fingerprint density at radius 3 is 2.74 bits per heavy atom. The fourth-order valence-corrected chi connectivity index (χ4v) is 1.80. The molecule has 0 spiro atoms. The summed E-state index contributed by atoms with van der Waals surface area (Å²) in [6.07, 6.45) is 1.22. The van der Waals surface area contributed by atoms with Gasteiger partial charge in [-0.15, -0.1) is 0 Å². The van der Waals surface area contributed by atoms with E-state index in [4.69, 9.17) is 11.1 Å². The van der Waals surface area contributed by atoms with Crippen LogP contribution in [0.15, 0.2) is 6.07 Å². The zero-order valence-electron chi connectivity index (χ0n) is 11.8. The minimum absolute atomic E-state index is 0.476. The number of nitrogens with one attached hydrogen (secondary N) is 1. The van der Waals surface area contributed by atoms with Gasteiger partial charge in [-0.3, -0.25) is 0 Å². The lowest BCUT2D eigenvalue weighted by Gasteiger charge is -2.25. The van der Waals surface area contributed by atoms with Crippen LogP contribution in [0.25, 0.3) is 0 Å². The summed E-state index contributed by atoms with van der Waals surface area (Å²) in [6.45, 7) is 7.80. The van der Waals surface area contributed by atoms with Gasteiger partial charge in [0.15, 0.2) is 0 Å². The number of hydrogen-bond donors (Lipinski definition) is 2. The van der Waals surface area contributed by atoms with E-state index in [9.17, 15) is 0 Å². The molecule has 1 aromatic rings. The van der Waals surface area contributed by atoms with Crippen molar-refractivity contribution in [1.82, 2.24) is 9.97 Å². The lowest BCUT2D eigenvalue weighted by atomic mass is 10.2. The van der Waals surface area contributed by atoms with Crippen molar-refractivity contribution in [2.75, 3.05) is 23.4 Å². The first-order valence-corrected chi connectivity index (χ1v) is 6.57. The zero-order chi connectivity index (χ0) is 14.3. The van der Waals surface area contributed by atoms with Gasteiger partial charge in [-0.1, -0.05) is 20.8 Å². The van der Waals surface area contributed by atoms with Crippen molar-refractivity contribution in [2.45, 2.75) is 33.6 Å². The molecule has 3 N–H and O–H groups in total. The lowest BCUT2D eigenvalue weighted by Crippen LogP contribution is -2.30. The van der Waals surface area contributed by atoms with Gasteiger partial charge in [0.25, 0.3) is 0 Å². The van der Waals surface area contributed by atoms with Crippen molar-refractivity contribution in [3.05, 3.63) is 11.9 Å². The van der Waals surface area contributed by atoms with Crippen LogP contribution in [-0.2, 0) is 6.42 Å². The molecule has 1 aromatic heterocycles. The number of nitriles is 1. The summed E-state index contributed by atoms with van der Waals surface area (Å²) in [5.74, 6) is 8.10. The van der Waals surface area contributed by atoms with E-state index in [-0.39, 0.29) is 0 Å². The maximum atomic E-state index is 8.76. The molecule has 0 aliphatic rings. The maximum Gasteiger partial charge on any atom is 0.145 e. The maximum absolute atomic E-state index is 8.76. The molecular formula is C13H22N6. The third-order valence-corrected chi connectivity index (χ3v) is 2.63. The molecule has 1 rings (SSSR count). The molecule has 104 valence electrons. The van der Waals surface area contributed by atoms with Crippen molar-refractivity contribution >= 4 is 11.6 Å². The van der Waals surface area contributed by atoms with E-state index in [0.29, 0.717) is 24.7 Å². The zero-order valence-corrected chi connectivity index (χ0v) is 11.8. The van der Waals surface area contributed by atoms with Crippen LogP contribution in [0, 0.1) is 17.2 Å². The predicted molar refractivity (Wildman–Crippen MR) is 76.5 cm³/mol. The van der Waals surface area contributed by atoms with Gasteiger partial charge in [-0.2, -0.15) is 5.26 Å². The summed E-state index contributed by atoms with van der Waals surface area (Å²) >= 11 is 0. The van der Waals surface area contributed by atoms with Crippen molar-refractivity contribution in [3.63, 3.8) is 0 Å². The van der Waals surface area contributed by atoms with Crippen LogP contribution in [0.5, 0.6) is 0 Å². The van der Waals surface area contributed by atoms with E-state index >= 15 is 0 Å². The Bertz CT molecular complexity index is 415. The fourth-order valence-electron chi connectivity index (χ4n) is 1.80. The second kappa shape index (κ2) is 7.54. The number of aryl methyl sites for hydroxylation is 1. The van der Waals surface area contributed by atoms with Crippen molar-refractivity contribution < 1.29 is 0 Å². The second-order valence-electron chi connectivity index (χ2n) is 4.77. The van der Waals surface area contributed by atoms with E-state index in [1.165, 1.54) is 0 Å². The first-order chi connectivity index (χ1) is 9.10. The molecule has 0 aliphatic carbocycles. The SMILES string of the molecule is CCc1nc(NN)cc(N(CCC#N)CC(C)C)n1. The average molecular weight is 262 g/mol. The van der Waals surface area contributed by atoms with Gasteiger partial charge >= 0.3 is 0 Å². The topological polar surface area (TPSA) is 90.9 Å². The van der Waals surface area contributed by atoms with Gasteiger partial charge in [0.1, 0.15) is 17.5 Å². The highest BCUT2D eigenvalue weighted by Crippen LogP contribution is 2.17. The smallest absolute Gasteiger partial charge is 0.145 e. The normalized spacial score (nSPS) is 10.3. The Kier molecular flexibility index (Phi) is 6.03. The number of aromatic nitrogens is 2. The highest BCUT2D eigenvalue weighted by molar-refractivity contribution is 5.49. The van der Waals surface area contributed by atoms with Crippen molar-refractivity contribution in [1.29, 1.82) is 5.26 Å². The molecule has 19 heavy (non-hydrogen) atoms. The number of hydrazine groups is 1. The Labute approximate surface area is 114 Å². The van der Waals surface area contributed by atoms with Crippen LogP contribution in [-0.4, -0.2) is 23.1 Å². The highest BCUT2D eigenvalue weighted by Gasteiger charge is 2.12. The van der Waals surface area contributed by atoms with Gasteiger partial charge in [-0.05, 0) is 5.92 Å². The quantitative estimate of drug-likeness (QED) is 0.574. The summed E-state index contributed by atoms with van der Waals surface area (Å²) in [7, 11) is 0. The minimum Gasteiger partial charge on any atom is -0.355 e. The van der Waals surface area contributed by atoms with E-state index in [2.05, 4.69) is 40.2 Å². The summed E-state index contributed by atoms with van der Waals surface area (Å²) in [5.41, 5.74) is 2.56. The van der Waals surface area contributed by atoms with Crippen molar-refractivity contribution in [2.24, 2.45) is 11.8 Å². The summed E-state index contributed by atoms with van der Waals surface area (Å²) < 4.78 is 0. The first-order valence-electron chi connectivity index (χ1n) is 6.57. The van der Waals surface area contributed by atoms with Gasteiger partial charge in [0, 0.05) is 25.6 Å². The second-order valence-corrected chi connectivity index (χ2v) is 4.77. The van der Waals surface area contributed by atoms with E-state index < -0.39 is 0 Å². The van der Waals surface area contributed by atoms with Gasteiger partial charge in [0.05, 0.1) is 12.5 Å². The molecule has 0 aliphatic heterocycles. The average Bonchev–Trinajstić information content (AvgIpc) is 2.42. The number of nitrogen functional groups attached to an aromatic ring is 1. The van der Waals surface area contributed by atoms with Gasteiger partial charge < -0.3 is 10.3 Å². The molecule has 0 fully saturated rings. The van der Waals surface area contributed by atoms with Crippen LogP contribution >= 0.6 is 0 Å². The lowest BCUT2D eigenvalue weighted by molar-refractivity contribution is 0.606. The van der Waals surface area contributed by atoms with E-state index in [1.807, 2.05) is 13.0 Å². The molecule has 0 radical (unpaired) electrons. The molecular weight excluding hydrogens is 240 g/mol. The Balaban J connectivity index is 3.02. The van der Waals surface area contributed by atoms with Crippen molar-refractivity contribution in [3.8, 4) is 6.07 Å². The molecule has 0 saturated carbocycles. The third kappa shape index (κ3) is 4.72. The van der Waals surface area contributed by atoms with E-state index in [1.54, 1.807) is 0 Å². The standard InChI is InChI=1S/C13H22N6/c1-4-11-16-12(18-15)8-13(17-11)19(7-5-6-14)9-10(2)3/h8,10H,4-5,7,9,15H2,1-3H3,(H,16,17,18). The van der Waals surface area contributed by atoms with Crippen LogP contribution in [0.2, 0.25) is 0 Å². The molecule has 6 nitrogen and oxygen atoms in total. The predicted octanol–water partition coefficient (Wildman–Crippen LogP) is 1.70. The van der Waals surface area contributed by atoms with Crippen LogP contribution in [0.4, 0.5) is 11.6 Å². The molecule has 6 heteroatoms. The first kappa shape index (κ1) is 15.2. The fraction of sp³-hybridized carbons (Fsp3) is 0.615. The minimum atomic E-state index is 0.476. The summed E-state index contributed by atoms with van der Waals surface area (Å²) in [4.78, 5) is 10.9. The molecule has 0 unspecified atom stereocenters. The Morgan fingerprint density at radius 2 is 2.21 bits per heavy atom. The number of nitrogens with two attached hydrogens (primary N) is 1. The molecule has 0 bridgehead atoms. The van der Waals surface area contributed by atoms with Crippen LogP contribution in [0.1, 0.15) is 33.0 Å². The van der Waals surface area contributed by atoms with Gasteiger partial charge in [0.2, 0.25) is 0 Å². The van der Waals surface area contributed by atoms with Crippen LogP contribution < -0.4 is 16.2 Å². The Hall–Kier alpha value is -1.87. The molecule has 0 aromatic carbocycles. The highest BCUT2D eigenvalue weighted by atomic mass is 15.3. The monoisotopic (exact) mass is 262 g/mol. The Morgan fingerprint density at radius 1 is 1.47 bits per heavy atom. The summed E-state index contributed by atoms with van der Waals surface area (Å²) in [6, 6.07) is 3.99. The third-order valence-electron chi connectivity index (χ3n) is 2.63. The molecule has 1 heterocycles. The number of nitrogens with zero attached hydrogens (tertiary/aromatic N) is 4. The van der Waals surface area contributed by atoms with Gasteiger partial charge in [-0.25, -0.2) is 15.8 Å². The number of hydrogen-bond acceptors (Lipinski definition) is 6. The summed E-state index contributed by atoms with van der Waals surface area (Å²) in [5, 5.41) is 8.76. The number of rotatable bonds is 7. The van der Waals surface area contributed by atoms with Crippen LogP contribution in [0.3, 0.4) is 0 Å². The van der Waals surface area contributed by atoms with E-state index in [0.717, 1.165) is 24.6 Å².